The van der Waals surface area contributed by atoms with E-state index < -0.39 is 0 Å². The molecule has 1 fully saturated rings. The topological polar surface area (TPSA) is 68.0 Å². The molecule has 1 unspecified atom stereocenters. The molecule has 0 saturated carbocycles. The van der Waals surface area contributed by atoms with Crippen LogP contribution in [0.15, 0.2) is 58.6 Å². The van der Waals surface area contributed by atoms with Crippen molar-refractivity contribution in [1.29, 1.82) is 0 Å². The summed E-state index contributed by atoms with van der Waals surface area (Å²) in [6.45, 7) is 11.4. The molecule has 5 rings (SSSR count). The summed E-state index contributed by atoms with van der Waals surface area (Å²) >= 11 is 6.18. The number of benzene rings is 2. The van der Waals surface area contributed by atoms with Gasteiger partial charge in [0.05, 0.1) is 22.1 Å². The lowest BCUT2D eigenvalue weighted by Crippen LogP contribution is -2.40. The molecule has 0 spiro atoms. The molecule has 0 radical (unpaired) electrons. The number of halogens is 1. The van der Waals surface area contributed by atoms with E-state index in [2.05, 4.69) is 23.4 Å². The Bertz CT molecular complexity index is 1480. The second kappa shape index (κ2) is 8.96. The van der Waals surface area contributed by atoms with Gasteiger partial charge in [0.15, 0.2) is 0 Å². The summed E-state index contributed by atoms with van der Waals surface area (Å²) in [6, 6.07) is 13.6. The fourth-order valence-electron chi connectivity index (χ4n) is 5.38. The normalized spacial score (nSPS) is 16.4. The smallest absolute Gasteiger partial charge is 0.306 e. The number of rotatable bonds is 6. The predicted molar refractivity (Wildman–Crippen MR) is 139 cm³/mol. The Kier molecular flexibility index (Phi) is 6.00. The minimum absolute atomic E-state index is 0.0309. The van der Waals surface area contributed by atoms with E-state index >= 15 is 0 Å². The second-order valence-corrected chi connectivity index (χ2v) is 9.99. The minimum atomic E-state index is -0.0719. The minimum Gasteiger partial charge on any atom is -0.306 e. The molecule has 1 aliphatic rings. The van der Waals surface area contributed by atoms with Crippen LogP contribution in [0.5, 0.6) is 0 Å². The summed E-state index contributed by atoms with van der Waals surface area (Å²) in [5.41, 5.74) is 4.16. The van der Waals surface area contributed by atoms with Crippen LogP contribution in [0.4, 0.5) is 0 Å². The van der Waals surface area contributed by atoms with Gasteiger partial charge in [-0.3, -0.25) is 13.7 Å². The number of nitrogens with zero attached hydrogens (tertiary/aromatic N) is 4. The lowest BCUT2D eigenvalue weighted by molar-refractivity contribution is 0.161. The van der Waals surface area contributed by atoms with Crippen molar-refractivity contribution < 1.29 is 0 Å². The van der Waals surface area contributed by atoms with Crippen molar-refractivity contribution in [2.45, 2.75) is 39.3 Å². The van der Waals surface area contributed by atoms with Crippen molar-refractivity contribution in [3.05, 3.63) is 75.0 Å². The van der Waals surface area contributed by atoms with E-state index in [1.165, 1.54) is 0 Å². The Balaban J connectivity index is 1.28. The van der Waals surface area contributed by atoms with Crippen LogP contribution >= 0.6 is 11.6 Å². The van der Waals surface area contributed by atoms with Crippen LogP contribution in [0.3, 0.4) is 0 Å². The number of para-hydroxylation sites is 2. The monoisotopic (exact) mass is 479 g/mol. The second-order valence-electron chi connectivity index (χ2n) is 9.55. The Labute approximate surface area is 202 Å². The van der Waals surface area contributed by atoms with Crippen molar-refractivity contribution in [1.82, 2.24) is 23.6 Å². The van der Waals surface area contributed by atoms with Gasteiger partial charge in [-0.2, -0.15) is 0 Å². The standard InChI is InChI=1S/C26H30ClN5O2/c1-17(2)31-23-7-5-4-6-22(23)30(26(31)34)16-18(3)15-29-12-10-20(11-13-29)32-24-14-19(27)8-9-21(24)28-25(32)33/h4-9,14,18,20H,1,10-13,15-16H2,2-3H3,(H,28,33). The number of likely N-dealkylation sites (tertiary alicyclic amines) is 1. The van der Waals surface area contributed by atoms with Gasteiger partial charge in [0.25, 0.3) is 0 Å². The molecule has 1 N–H and O–H groups in total. The number of hydrogen-bond donors (Lipinski definition) is 1. The molecule has 7 nitrogen and oxygen atoms in total. The molecule has 1 aliphatic heterocycles. The molecular formula is C26H30ClN5O2. The number of allylic oxidation sites excluding steroid dienone is 1. The quantitative estimate of drug-likeness (QED) is 0.440. The van der Waals surface area contributed by atoms with E-state index in [4.69, 9.17) is 11.6 Å². The van der Waals surface area contributed by atoms with Gasteiger partial charge in [-0.1, -0.05) is 37.2 Å². The van der Waals surface area contributed by atoms with Crippen LogP contribution < -0.4 is 11.4 Å². The van der Waals surface area contributed by atoms with Crippen LogP contribution in [0, 0.1) is 5.92 Å². The maximum Gasteiger partial charge on any atom is 0.333 e. The summed E-state index contributed by atoms with van der Waals surface area (Å²) in [4.78, 5) is 31.1. The molecule has 1 atom stereocenters. The van der Waals surface area contributed by atoms with Gasteiger partial charge in [-0.15, -0.1) is 0 Å². The molecule has 0 aliphatic carbocycles. The summed E-state index contributed by atoms with van der Waals surface area (Å²) in [5, 5.41) is 0.634. The summed E-state index contributed by atoms with van der Waals surface area (Å²) in [7, 11) is 0. The van der Waals surface area contributed by atoms with Gasteiger partial charge in [-0.05, 0) is 56.0 Å². The Morgan fingerprint density at radius 3 is 2.50 bits per heavy atom. The van der Waals surface area contributed by atoms with Gasteiger partial charge >= 0.3 is 11.4 Å². The van der Waals surface area contributed by atoms with E-state index in [1.807, 2.05) is 52.5 Å². The molecule has 34 heavy (non-hydrogen) atoms. The third-order valence-corrected chi connectivity index (χ3v) is 7.12. The number of imidazole rings is 2. The van der Waals surface area contributed by atoms with Crippen molar-refractivity contribution in [3.63, 3.8) is 0 Å². The molecule has 2 aromatic heterocycles. The maximum atomic E-state index is 13.1. The van der Waals surface area contributed by atoms with Gasteiger partial charge in [-0.25, -0.2) is 9.59 Å². The van der Waals surface area contributed by atoms with Gasteiger partial charge in [0, 0.05) is 42.9 Å². The number of H-pyrrole nitrogens is 1. The number of aromatic amines is 1. The van der Waals surface area contributed by atoms with Crippen LogP contribution in [0.2, 0.25) is 5.02 Å². The Hall–Kier alpha value is -3.03. The van der Waals surface area contributed by atoms with Crippen LogP contribution in [-0.2, 0) is 6.54 Å². The van der Waals surface area contributed by atoms with Gasteiger partial charge in [0.1, 0.15) is 0 Å². The van der Waals surface area contributed by atoms with Gasteiger partial charge < -0.3 is 9.88 Å². The first kappa shape index (κ1) is 22.7. The first-order valence-electron chi connectivity index (χ1n) is 11.8. The third-order valence-electron chi connectivity index (χ3n) is 6.88. The molecule has 0 bridgehead atoms. The van der Waals surface area contributed by atoms with E-state index in [-0.39, 0.29) is 17.4 Å². The largest absolute Gasteiger partial charge is 0.333 e. The van der Waals surface area contributed by atoms with E-state index in [9.17, 15) is 9.59 Å². The zero-order chi connectivity index (χ0) is 24.0. The first-order chi connectivity index (χ1) is 16.3. The highest BCUT2D eigenvalue weighted by Gasteiger charge is 2.25. The fourth-order valence-corrected chi connectivity index (χ4v) is 5.55. The summed E-state index contributed by atoms with van der Waals surface area (Å²) < 4.78 is 5.43. The Morgan fingerprint density at radius 2 is 1.79 bits per heavy atom. The maximum absolute atomic E-state index is 13.1. The zero-order valence-corrected chi connectivity index (χ0v) is 20.4. The average molecular weight is 480 g/mol. The number of piperidine rings is 1. The predicted octanol–water partition coefficient (Wildman–Crippen LogP) is 4.56. The molecule has 2 aromatic carbocycles. The van der Waals surface area contributed by atoms with E-state index in [0.717, 1.165) is 60.2 Å². The lowest BCUT2D eigenvalue weighted by atomic mass is 10.0. The van der Waals surface area contributed by atoms with Crippen molar-refractivity contribution in [3.8, 4) is 0 Å². The SMILES string of the molecule is C=C(C)n1c(=O)n(CC(C)CN2CCC(n3c(=O)[nH]c4ccc(Cl)cc43)CC2)c2ccccc21. The van der Waals surface area contributed by atoms with Gasteiger partial charge in [0.2, 0.25) is 0 Å². The Morgan fingerprint density at radius 1 is 1.09 bits per heavy atom. The average Bonchev–Trinajstić information content (AvgIpc) is 3.27. The molecule has 1 saturated heterocycles. The third kappa shape index (κ3) is 4.03. The lowest BCUT2D eigenvalue weighted by Gasteiger charge is -2.34. The van der Waals surface area contributed by atoms with Crippen LogP contribution in [0.1, 0.15) is 32.7 Å². The molecule has 4 aromatic rings. The van der Waals surface area contributed by atoms with E-state index in [1.54, 1.807) is 10.6 Å². The molecule has 8 heteroatoms. The van der Waals surface area contributed by atoms with Crippen molar-refractivity contribution in [2.75, 3.05) is 19.6 Å². The van der Waals surface area contributed by atoms with E-state index in [0.29, 0.717) is 17.5 Å². The zero-order valence-electron chi connectivity index (χ0n) is 19.6. The number of fused-ring (bicyclic) bond motifs is 2. The first-order valence-corrected chi connectivity index (χ1v) is 12.2. The number of hydrogen-bond acceptors (Lipinski definition) is 3. The number of aromatic nitrogens is 4. The molecule has 0 amide bonds. The molecule has 178 valence electrons. The molecule has 3 heterocycles. The number of nitrogens with one attached hydrogen (secondary N) is 1. The fraction of sp³-hybridized carbons (Fsp3) is 0.385. The highest BCUT2D eigenvalue weighted by molar-refractivity contribution is 6.31. The highest BCUT2D eigenvalue weighted by Crippen LogP contribution is 2.27. The summed E-state index contributed by atoms with van der Waals surface area (Å²) in [6.07, 6.45) is 1.81. The van der Waals surface area contributed by atoms with Crippen molar-refractivity contribution >= 4 is 39.4 Å². The van der Waals surface area contributed by atoms with Crippen LogP contribution in [0.25, 0.3) is 27.8 Å². The summed E-state index contributed by atoms with van der Waals surface area (Å²) in [5.74, 6) is 0.299. The molecular weight excluding hydrogens is 450 g/mol. The van der Waals surface area contributed by atoms with Crippen LogP contribution in [-0.4, -0.2) is 43.2 Å². The highest BCUT2D eigenvalue weighted by atomic mass is 35.5. The van der Waals surface area contributed by atoms with Crippen molar-refractivity contribution in [2.24, 2.45) is 5.92 Å².